The van der Waals surface area contributed by atoms with Crippen molar-refractivity contribution in [2.75, 3.05) is 12.3 Å². The highest BCUT2D eigenvalue weighted by Crippen LogP contribution is 2.19. The summed E-state index contributed by atoms with van der Waals surface area (Å²) in [4.78, 5) is 18.7. The summed E-state index contributed by atoms with van der Waals surface area (Å²) in [6, 6.07) is 10.4. The highest BCUT2D eigenvalue weighted by molar-refractivity contribution is 7.99. The lowest BCUT2D eigenvalue weighted by Crippen LogP contribution is -2.42. The van der Waals surface area contributed by atoms with Crippen LogP contribution < -0.4 is 0 Å². The Morgan fingerprint density at radius 3 is 2.96 bits per heavy atom. The molecule has 0 saturated carbocycles. The Balaban J connectivity index is 1.44. The van der Waals surface area contributed by atoms with Gasteiger partial charge in [-0.15, -0.1) is 11.8 Å². The minimum absolute atomic E-state index is 0.222. The maximum atomic E-state index is 12.3. The number of thioether (sulfide) groups is 1. The molecule has 5 nitrogen and oxygen atoms in total. The fourth-order valence-electron chi connectivity index (χ4n) is 2.97. The molecule has 3 rings (SSSR count). The molecule has 1 aromatic carbocycles. The number of carbonyl (C=O) groups is 1. The molecule has 0 bridgehead atoms. The molecule has 1 aliphatic rings. The highest BCUT2D eigenvalue weighted by Gasteiger charge is 2.22. The third-order valence-electron chi connectivity index (χ3n) is 4.29. The lowest BCUT2D eigenvalue weighted by atomic mass is 10.0. The summed E-state index contributed by atoms with van der Waals surface area (Å²) in [5.74, 6) is 2.58. The molecular weight excluding hydrogens is 322 g/mol. The van der Waals surface area contributed by atoms with E-state index in [1.54, 1.807) is 11.8 Å². The van der Waals surface area contributed by atoms with Gasteiger partial charge in [-0.3, -0.25) is 4.79 Å². The van der Waals surface area contributed by atoms with Crippen LogP contribution in [-0.2, 0) is 17.0 Å². The van der Waals surface area contributed by atoms with E-state index in [9.17, 15) is 4.79 Å². The van der Waals surface area contributed by atoms with Crippen molar-refractivity contribution in [1.29, 1.82) is 0 Å². The van der Waals surface area contributed by atoms with Crippen molar-refractivity contribution in [3.63, 3.8) is 0 Å². The summed E-state index contributed by atoms with van der Waals surface area (Å²) in [6.07, 6.45) is 4.10. The monoisotopic (exact) mass is 345 g/mol. The van der Waals surface area contributed by atoms with Gasteiger partial charge in [0.15, 0.2) is 5.82 Å². The number of nitrogens with zero attached hydrogens (tertiary/aromatic N) is 3. The molecule has 1 aliphatic heterocycles. The van der Waals surface area contributed by atoms with Crippen LogP contribution in [0.5, 0.6) is 0 Å². The molecular formula is C18H23N3O2S. The lowest BCUT2D eigenvalue weighted by molar-refractivity contribution is -0.131. The molecule has 0 unspecified atom stereocenters. The molecule has 0 aliphatic carbocycles. The van der Waals surface area contributed by atoms with Crippen LogP contribution in [0.2, 0.25) is 0 Å². The van der Waals surface area contributed by atoms with E-state index < -0.39 is 0 Å². The number of carbonyl (C=O) groups excluding carboxylic acids is 1. The van der Waals surface area contributed by atoms with E-state index in [4.69, 9.17) is 4.52 Å². The Hall–Kier alpha value is -1.82. The second-order valence-corrected chi connectivity index (χ2v) is 7.18. The van der Waals surface area contributed by atoms with E-state index >= 15 is 0 Å². The Morgan fingerprint density at radius 1 is 1.33 bits per heavy atom. The number of hydrogen-bond donors (Lipinski definition) is 0. The van der Waals surface area contributed by atoms with Gasteiger partial charge in [-0.1, -0.05) is 35.5 Å². The molecule has 6 heteroatoms. The molecule has 1 atom stereocenters. The van der Waals surface area contributed by atoms with Crippen molar-refractivity contribution in [3.8, 4) is 0 Å². The maximum absolute atomic E-state index is 12.3. The number of hydrogen-bond acceptors (Lipinski definition) is 5. The SMILES string of the molecule is C[C@H]1CCCCN1C(=O)CSCc1noc(Cc2ccccc2)n1. The fraction of sp³-hybridized carbons (Fsp3) is 0.500. The van der Waals surface area contributed by atoms with Gasteiger partial charge in [0.1, 0.15) is 0 Å². The summed E-state index contributed by atoms with van der Waals surface area (Å²) in [7, 11) is 0. The van der Waals surface area contributed by atoms with E-state index in [0.717, 1.165) is 24.9 Å². The third kappa shape index (κ3) is 4.60. The summed E-state index contributed by atoms with van der Waals surface area (Å²) >= 11 is 1.55. The van der Waals surface area contributed by atoms with Crippen LogP contribution in [-0.4, -0.2) is 39.3 Å². The largest absolute Gasteiger partial charge is 0.339 e. The number of benzene rings is 1. The van der Waals surface area contributed by atoms with E-state index in [1.807, 2.05) is 35.2 Å². The molecule has 1 fully saturated rings. The number of amides is 1. The van der Waals surface area contributed by atoms with Crippen LogP contribution in [0.3, 0.4) is 0 Å². The standard InChI is InChI=1S/C18H23N3O2S/c1-14-7-5-6-10-21(14)18(22)13-24-12-16-19-17(23-20-16)11-15-8-3-2-4-9-15/h2-4,8-9,14H,5-7,10-13H2,1H3/t14-/m0/s1. The summed E-state index contributed by atoms with van der Waals surface area (Å²) in [5, 5.41) is 4.00. The summed E-state index contributed by atoms with van der Waals surface area (Å²) in [6.45, 7) is 3.03. The van der Waals surface area contributed by atoms with E-state index in [1.165, 1.54) is 6.42 Å². The molecule has 1 saturated heterocycles. The van der Waals surface area contributed by atoms with Gasteiger partial charge in [-0.25, -0.2) is 0 Å². The van der Waals surface area contributed by atoms with Gasteiger partial charge in [0.05, 0.1) is 17.9 Å². The average Bonchev–Trinajstić information content (AvgIpc) is 3.03. The van der Waals surface area contributed by atoms with Gasteiger partial charge in [-0.05, 0) is 31.7 Å². The number of likely N-dealkylation sites (tertiary alicyclic amines) is 1. The molecule has 2 heterocycles. The van der Waals surface area contributed by atoms with Crippen molar-refractivity contribution < 1.29 is 9.32 Å². The Morgan fingerprint density at radius 2 is 2.17 bits per heavy atom. The van der Waals surface area contributed by atoms with Crippen LogP contribution in [0, 0.1) is 0 Å². The lowest BCUT2D eigenvalue weighted by Gasteiger charge is -2.33. The van der Waals surface area contributed by atoms with Gasteiger partial charge in [0.2, 0.25) is 11.8 Å². The summed E-state index contributed by atoms with van der Waals surface area (Å²) < 4.78 is 5.29. The van der Waals surface area contributed by atoms with Crippen LogP contribution in [0.15, 0.2) is 34.9 Å². The van der Waals surface area contributed by atoms with Crippen molar-refractivity contribution in [2.45, 2.75) is 44.4 Å². The second-order valence-electron chi connectivity index (χ2n) is 6.19. The first-order valence-corrected chi connectivity index (χ1v) is 9.60. The minimum Gasteiger partial charge on any atom is -0.339 e. The van der Waals surface area contributed by atoms with E-state index in [0.29, 0.717) is 35.7 Å². The first-order chi connectivity index (χ1) is 11.7. The predicted molar refractivity (Wildman–Crippen MR) is 94.7 cm³/mol. The first kappa shape index (κ1) is 17.0. The molecule has 0 spiro atoms. The number of rotatable bonds is 6. The molecule has 128 valence electrons. The highest BCUT2D eigenvalue weighted by atomic mass is 32.2. The number of piperidine rings is 1. The Labute approximate surface area is 146 Å². The zero-order valence-corrected chi connectivity index (χ0v) is 14.8. The molecule has 0 N–H and O–H groups in total. The van der Waals surface area contributed by atoms with Gasteiger partial charge in [0.25, 0.3) is 0 Å². The molecule has 2 aromatic rings. The van der Waals surface area contributed by atoms with Gasteiger partial charge < -0.3 is 9.42 Å². The summed E-state index contributed by atoms with van der Waals surface area (Å²) in [5.41, 5.74) is 1.15. The van der Waals surface area contributed by atoms with Gasteiger partial charge in [0, 0.05) is 12.6 Å². The molecule has 0 radical (unpaired) electrons. The zero-order chi connectivity index (χ0) is 16.8. The first-order valence-electron chi connectivity index (χ1n) is 8.45. The van der Waals surface area contributed by atoms with Crippen LogP contribution in [0.4, 0.5) is 0 Å². The molecule has 24 heavy (non-hydrogen) atoms. The van der Waals surface area contributed by atoms with Crippen LogP contribution >= 0.6 is 11.8 Å². The van der Waals surface area contributed by atoms with Crippen LogP contribution in [0.25, 0.3) is 0 Å². The Bertz CT molecular complexity index is 659. The smallest absolute Gasteiger partial charge is 0.232 e. The van der Waals surface area contributed by atoms with Crippen molar-refractivity contribution in [2.24, 2.45) is 0 Å². The third-order valence-corrected chi connectivity index (χ3v) is 5.20. The van der Waals surface area contributed by atoms with E-state index in [2.05, 4.69) is 17.1 Å². The maximum Gasteiger partial charge on any atom is 0.232 e. The van der Waals surface area contributed by atoms with Crippen molar-refractivity contribution in [3.05, 3.63) is 47.6 Å². The van der Waals surface area contributed by atoms with Crippen LogP contribution in [0.1, 0.15) is 43.5 Å². The molecule has 1 aromatic heterocycles. The second kappa shape index (κ2) is 8.33. The van der Waals surface area contributed by atoms with E-state index in [-0.39, 0.29) is 5.91 Å². The fourth-order valence-corrected chi connectivity index (χ4v) is 3.71. The minimum atomic E-state index is 0.222. The van der Waals surface area contributed by atoms with Gasteiger partial charge >= 0.3 is 0 Å². The number of aromatic nitrogens is 2. The average molecular weight is 345 g/mol. The quantitative estimate of drug-likeness (QED) is 0.804. The Kier molecular flexibility index (Phi) is 5.91. The topological polar surface area (TPSA) is 59.2 Å². The van der Waals surface area contributed by atoms with Crippen molar-refractivity contribution >= 4 is 17.7 Å². The predicted octanol–water partition coefficient (Wildman–Crippen LogP) is 3.29. The normalized spacial score (nSPS) is 17.9. The zero-order valence-electron chi connectivity index (χ0n) is 14.0. The van der Waals surface area contributed by atoms with Crippen molar-refractivity contribution in [1.82, 2.24) is 15.0 Å². The molecule has 1 amide bonds. The van der Waals surface area contributed by atoms with Gasteiger partial charge in [-0.2, -0.15) is 4.98 Å².